The van der Waals surface area contributed by atoms with Gasteiger partial charge in [0, 0.05) is 75.7 Å². The molecule has 0 saturated heterocycles. The summed E-state index contributed by atoms with van der Waals surface area (Å²) in [5, 5.41) is 0. The number of hydrogen-bond donors (Lipinski definition) is 0. The van der Waals surface area contributed by atoms with Crippen molar-refractivity contribution in [1.82, 2.24) is 0 Å². The second kappa shape index (κ2) is 18.3. The summed E-state index contributed by atoms with van der Waals surface area (Å²) in [7, 11) is 0. The molecule has 0 spiro atoms. The monoisotopic (exact) mass is 264 g/mol. The number of hydrogen-bond acceptors (Lipinski definition) is 0. The van der Waals surface area contributed by atoms with Crippen LogP contribution in [-0.4, -0.2) is 0 Å². The van der Waals surface area contributed by atoms with Crippen LogP contribution in [0.25, 0.3) is 0 Å². The second-order valence-corrected chi connectivity index (χ2v) is 0. The van der Waals surface area contributed by atoms with Crippen LogP contribution in [0, 0.1) is 0 Å². The quantitative estimate of drug-likeness (QED) is 0.542. The third-order valence-electron chi connectivity index (χ3n) is 0. The van der Waals surface area contributed by atoms with Crippen molar-refractivity contribution in [1.29, 1.82) is 0 Å². The standard InChI is InChI=1S/3Ni.Zr. The molecule has 0 fully saturated rings. The predicted octanol–water partition coefficient (Wildman–Crippen LogP) is -0.0100. The molecule has 0 aromatic heterocycles. The summed E-state index contributed by atoms with van der Waals surface area (Å²) >= 11 is 0. The number of rotatable bonds is 0. The van der Waals surface area contributed by atoms with Gasteiger partial charge in [0.25, 0.3) is 0 Å². The second-order valence-electron chi connectivity index (χ2n) is 0. The van der Waals surface area contributed by atoms with E-state index < -0.39 is 0 Å². The van der Waals surface area contributed by atoms with E-state index in [1.807, 2.05) is 0 Å². The summed E-state index contributed by atoms with van der Waals surface area (Å²) in [6.45, 7) is 0. The minimum absolute atomic E-state index is 0. The van der Waals surface area contributed by atoms with E-state index in [1.54, 1.807) is 0 Å². The van der Waals surface area contributed by atoms with Gasteiger partial charge in [-0.3, -0.25) is 0 Å². The molecule has 0 amide bonds. The van der Waals surface area contributed by atoms with Gasteiger partial charge >= 0.3 is 0 Å². The van der Waals surface area contributed by atoms with Gasteiger partial charge in [0.1, 0.15) is 0 Å². The normalized spacial score (nSPS) is 0. The molecular formula is Ni3Zr. The Balaban J connectivity index is 0. The molecule has 0 aromatic rings. The Hall–Kier alpha value is 2.36. The fourth-order valence-corrected chi connectivity index (χ4v) is 0. The van der Waals surface area contributed by atoms with Crippen LogP contribution in [0.3, 0.4) is 0 Å². The van der Waals surface area contributed by atoms with Crippen LogP contribution in [0.15, 0.2) is 0 Å². The van der Waals surface area contributed by atoms with Crippen molar-refractivity contribution in [3.05, 3.63) is 0 Å². The molecule has 4 heavy (non-hydrogen) atoms. The van der Waals surface area contributed by atoms with Crippen LogP contribution in [-0.2, 0) is 75.7 Å². The molecule has 0 aliphatic carbocycles. The zero-order chi connectivity index (χ0) is 0. The van der Waals surface area contributed by atoms with E-state index in [9.17, 15) is 0 Å². The first-order valence-corrected chi connectivity index (χ1v) is 0. The fourth-order valence-electron chi connectivity index (χ4n) is 0. The molecule has 0 saturated carbocycles. The first kappa shape index (κ1) is 32.8. The summed E-state index contributed by atoms with van der Waals surface area (Å²) in [6.07, 6.45) is 0. The van der Waals surface area contributed by atoms with E-state index in [0.717, 1.165) is 0 Å². The topological polar surface area (TPSA) is 0 Å². The minimum atomic E-state index is 0. The maximum absolute atomic E-state index is 0. The molecule has 0 rings (SSSR count). The van der Waals surface area contributed by atoms with Gasteiger partial charge < -0.3 is 0 Å². The zero-order valence-electron chi connectivity index (χ0n) is 1.45. The van der Waals surface area contributed by atoms with Gasteiger partial charge in [-0.25, -0.2) is 0 Å². The molecule has 0 aliphatic rings. The fraction of sp³-hybridized carbons (Fsp3) is 0. The molecule has 0 N–H and O–H groups in total. The summed E-state index contributed by atoms with van der Waals surface area (Å²) in [6, 6.07) is 0. The van der Waals surface area contributed by atoms with E-state index in [2.05, 4.69) is 0 Å². The Labute approximate surface area is 74.8 Å². The van der Waals surface area contributed by atoms with Gasteiger partial charge in [-0.1, -0.05) is 0 Å². The van der Waals surface area contributed by atoms with Crippen molar-refractivity contribution in [2.24, 2.45) is 0 Å². The first-order valence-electron chi connectivity index (χ1n) is 0. The molecule has 0 bridgehead atoms. The summed E-state index contributed by atoms with van der Waals surface area (Å²) in [5.74, 6) is 0. The van der Waals surface area contributed by atoms with E-state index >= 15 is 0 Å². The Kier molecular flexibility index (Phi) is 150. The Bertz CT molecular complexity index is 3.25. The largest absolute Gasteiger partial charge is 0 e. The van der Waals surface area contributed by atoms with E-state index in [-0.39, 0.29) is 75.7 Å². The van der Waals surface area contributed by atoms with Crippen LogP contribution in [0.2, 0.25) is 0 Å². The van der Waals surface area contributed by atoms with Gasteiger partial charge in [0.15, 0.2) is 0 Å². The molecule has 0 heterocycles. The SMILES string of the molecule is [Ni].[Ni].[Ni].[Zr]. The van der Waals surface area contributed by atoms with Crippen LogP contribution in [0.1, 0.15) is 0 Å². The Morgan fingerprint density at radius 1 is 0.500 bits per heavy atom. The smallest absolute Gasteiger partial charge is 0 e. The third kappa shape index (κ3) is 8.84. The van der Waals surface area contributed by atoms with Crippen molar-refractivity contribution in [2.75, 3.05) is 0 Å². The third-order valence-corrected chi connectivity index (χ3v) is 0. The molecule has 4 heteroatoms. The van der Waals surface area contributed by atoms with Gasteiger partial charge in [0.05, 0.1) is 0 Å². The molecule has 34 valence electrons. The van der Waals surface area contributed by atoms with Crippen molar-refractivity contribution in [3.8, 4) is 0 Å². The zero-order valence-corrected chi connectivity index (χ0v) is 6.87. The summed E-state index contributed by atoms with van der Waals surface area (Å²) < 4.78 is 0. The average molecular weight is 267 g/mol. The molecule has 0 unspecified atom stereocenters. The average Bonchev–Trinajstić information content (AvgIpc) is 0. The minimum Gasteiger partial charge on any atom is 0 e. The molecule has 0 radical (unpaired) electrons. The Morgan fingerprint density at radius 3 is 0.500 bits per heavy atom. The molecule has 0 nitrogen and oxygen atoms in total. The predicted molar refractivity (Wildman–Crippen MR) is 0 cm³/mol. The van der Waals surface area contributed by atoms with E-state index in [1.165, 1.54) is 0 Å². The van der Waals surface area contributed by atoms with E-state index in [4.69, 9.17) is 0 Å². The summed E-state index contributed by atoms with van der Waals surface area (Å²) in [4.78, 5) is 0. The first-order chi connectivity index (χ1) is 0. The van der Waals surface area contributed by atoms with Crippen LogP contribution >= 0.6 is 0 Å². The van der Waals surface area contributed by atoms with Gasteiger partial charge in [-0.15, -0.1) is 0 Å². The van der Waals surface area contributed by atoms with Gasteiger partial charge in [-0.05, 0) is 0 Å². The van der Waals surface area contributed by atoms with Crippen LogP contribution in [0.5, 0.6) is 0 Å². The molecule has 0 aliphatic heterocycles. The van der Waals surface area contributed by atoms with Crippen LogP contribution in [0.4, 0.5) is 0 Å². The van der Waals surface area contributed by atoms with Crippen molar-refractivity contribution < 1.29 is 75.7 Å². The van der Waals surface area contributed by atoms with Crippen molar-refractivity contribution >= 4 is 0 Å². The Morgan fingerprint density at radius 2 is 0.500 bits per heavy atom. The van der Waals surface area contributed by atoms with Crippen LogP contribution < -0.4 is 0 Å². The van der Waals surface area contributed by atoms with E-state index in [0.29, 0.717) is 0 Å². The molecular weight excluding hydrogens is 267 g/mol. The molecule has 0 aromatic carbocycles. The maximum atomic E-state index is 0. The van der Waals surface area contributed by atoms with Crippen molar-refractivity contribution in [3.63, 3.8) is 0 Å². The maximum Gasteiger partial charge on any atom is 0 e. The van der Waals surface area contributed by atoms with Crippen molar-refractivity contribution in [2.45, 2.75) is 0 Å². The molecule has 0 atom stereocenters. The summed E-state index contributed by atoms with van der Waals surface area (Å²) in [5.41, 5.74) is 0. The van der Waals surface area contributed by atoms with Gasteiger partial charge in [0.2, 0.25) is 0 Å². The van der Waals surface area contributed by atoms with Gasteiger partial charge in [-0.2, -0.15) is 0 Å².